The molecule has 0 N–H and O–H groups in total. The fourth-order valence-corrected chi connectivity index (χ4v) is 0.377. The third kappa shape index (κ3) is 5.38. The van der Waals surface area contributed by atoms with E-state index in [4.69, 9.17) is 0 Å². The predicted octanol–water partition coefficient (Wildman–Crippen LogP) is 2.12. The van der Waals surface area contributed by atoms with Crippen LogP contribution in [0.25, 0.3) is 0 Å². The molecule has 6 heteroatoms. The van der Waals surface area contributed by atoms with Gasteiger partial charge in [0.05, 0.1) is 11.3 Å². The Labute approximate surface area is 60.7 Å². The van der Waals surface area contributed by atoms with Gasteiger partial charge in [0.25, 0.3) is 0 Å². The van der Waals surface area contributed by atoms with E-state index in [1.807, 2.05) is 0 Å². The van der Waals surface area contributed by atoms with Crippen molar-refractivity contribution >= 4 is 0 Å². The Morgan fingerprint density at radius 2 is 2.00 bits per heavy atom. The van der Waals surface area contributed by atoms with Crippen LogP contribution in [0.2, 0.25) is 0 Å². The molecule has 0 bridgehead atoms. The van der Waals surface area contributed by atoms with E-state index in [2.05, 4.69) is 6.58 Å². The van der Waals surface area contributed by atoms with Crippen molar-refractivity contribution in [3.8, 4) is 0 Å². The summed E-state index contributed by atoms with van der Waals surface area (Å²) in [7, 11) is 0. The van der Waals surface area contributed by atoms with Crippen molar-refractivity contribution in [2.75, 3.05) is 0 Å². The number of rotatable bonds is 3. The summed E-state index contributed by atoms with van der Waals surface area (Å²) in [6, 6.07) is 0. The molecule has 0 aromatic rings. The first-order chi connectivity index (χ1) is 4.83. The van der Waals surface area contributed by atoms with Crippen LogP contribution in [0.15, 0.2) is 12.3 Å². The number of nitrogens with zero attached hydrogens (tertiary/aromatic N) is 1. The van der Waals surface area contributed by atoms with Crippen molar-refractivity contribution in [3.05, 3.63) is 22.4 Å². The summed E-state index contributed by atoms with van der Waals surface area (Å²) in [5, 5.41) is 9.75. The second-order valence-electron chi connectivity index (χ2n) is 1.94. The summed E-state index contributed by atoms with van der Waals surface area (Å²) in [5.41, 5.74) is -0.609. The molecule has 64 valence electrons. The van der Waals surface area contributed by atoms with Gasteiger partial charge in [-0.2, -0.15) is 13.2 Å². The van der Waals surface area contributed by atoms with Crippen molar-refractivity contribution < 1.29 is 18.1 Å². The van der Waals surface area contributed by atoms with Gasteiger partial charge >= 0.3 is 6.18 Å². The molecule has 0 spiro atoms. The van der Waals surface area contributed by atoms with E-state index in [9.17, 15) is 23.3 Å². The van der Waals surface area contributed by atoms with Gasteiger partial charge in [-0.25, -0.2) is 0 Å². The van der Waals surface area contributed by atoms with Crippen LogP contribution in [0.1, 0.15) is 12.8 Å². The first-order valence-corrected chi connectivity index (χ1v) is 2.72. The fourth-order valence-electron chi connectivity index (χ4n) is 0.377. The SMILES string of the molecule is C=C(CCC(F)(F)F)[N+](=O)[O-]. The molecule has 0 aromatic carbocycles. The lowest BCUT2D eigenvalue weighted by Crippen LogP contribution is -2.09. The van der Waals surface area contributed by atoms with Crippen molar-refractivity contribution in [1.82, 2.24) is 0 Å². The zero-order valence-electron chi connectivity index (χ0n) is 5.52. The first-order valence-electron chi connectivity index (χ1n) is 2.72. The molecule has 0 radical (unpaired) electrons. The highest BCUT2D eigenvalue weighted by atomic mass is 19.4. The molecule has 0 saturated carbocycles. The minimum Gasteiger partial charge on any atom is -0.259 e. The average Bonchev–Trinajstić information content (AvgIpc) is 1.80. The summed E-state index contributed by atoms with van der Waals surface area (Å²) in [4.78, 5) is 8.84. The standard InChI is InChI=1S/C5H6F3NO2/c1-4(9(10)11)2-3-5(6,7)8/h1-3H2. The molecule has 0 amide bonds. The minimum atomic E-state index is -4.35. The topological polar surface area (TPSA) is 43.1 Å². The summed E-state index contributed by atoms with van der Waals surface area (Å²) in [5.74, 6) is 0. The fraction of sp³-hybridized carbons (Fsp3) is 0.600. The Balaban J connectivity index is 3.73. The molecule has 11 heavy (non-hydrogen) atoms. The summed E-state index contributed by atoms with van der Waals surface area (Å²) >= 11 is 0. The van der Waals surface area contributed by atoms with Crippen LogP contribution in [0, 0.1) is 10.1 Å². The van der Waals surface area contributed by atoms with Crippen molar-refractivity contribution in [1.29, 1.82) is 0 Å². The highest BCUT2D eigenvalue weighted by Crippen LogP contribution is 2.23. The number of nitro groups is 1. The summed E-state index contributed by atoms with van der Waals surface area (Å²) in [6.45, 7) is 2.86. The molecule has 0 aromatic heterocycles. The van der Waals surface area contributed by atoms with Crippen LogP contribution in [-0.4, -0.2) is 11.1 Å². The maximum atomic E-state index is 11.4. The van der Waals surface area contributed by atoms with Gasteiger partial charge in [0, 0.05) is 6.42 Å². The lowest BCUT2D eigenvalue weighted by atomic mass is 10.2. The Hall–Kier alpha value is -1.07. The normalized spacial score (nSPS) is 11.2. The van der Waals surface area contributed by atoms with E-state index < -0.39 is 29.6 Å². The molecule has 0 rings (SSSR count). The van der Waals surface area contributed by atoms with E-state index in [0.717, 1.165) is 0 Å². The van der Waals surface area contributed by atoms with Gasteiger partial charge in [-0.15, -0.1) is 0 Å². The Kier molecular flexibility index (Phi) is 3.03. The lowest BCUT2D eigenvalue weighted by Gasteiger charge is -2.02. The Morgan fingerprint density at radius 3 is 2.27 bits per heavy atom. The number of allylic oxidation sites excluding steroid dienone is 1. The highest BCUT2D eigenvalue weighted by molar-refractivity contribution is 4.80. The zero-order valence-corrected chi connectivity index (χ0v) is 5.52. The molecule has 0 heterocycles. The van der Waals surface area contributed by atoms with Gasteiger partial charge in [0.1, 0.15) is 0 Å². The van der Waals surface area contributed by atoms with E-state index >= 15 is 0 Å². The van der Waals surface area contributed by atoms with Crippen LogP contribution in [0.3, 0.4) is 0 Å². The van der Waals surface area contributed by atoms with Crippen molar-refractivity contribution in [3.63, 3.8) is 0 Å². The molecule has 0 unspecified atom stereocenters. The summed E-state index contributed by atoms with van der Waals surface area (Å²) in [6.07, 6.45) is -6.18. The minimum absolute atomic E-state index is 0.609. The van der Waals surface area contributed by atoms with Crippen LogP contribution in [0.4, 0.5) is 13.2 Å². The molecular formula is C5H6F3NO2. The van der Waals surface area contributed by atoms with E-state index in [0.29, 0.717) is 0 Å². The second-order valence-corrected chi connectivity index (χ2v) is 1.94. The van der Waals surface area contributed by atoms with Crippen molar-refractivity contribution in [2.24, 2.45) is 0 Å². The predicted molar refractivity (Wildman–Crippen MR) is 31.4 cm³/mol. The van der Waals surface area contributed by atoms with Gasteiger partial charge in [0.2, 0.25) is 5.70 Å². The first kappa shape index (κ1) is 9.93. The molecular weight excluding hydrogens is 163 g/mol. The number of halogens is 3. The molecule has 0 aliphatic rings. The highest BCUT2D eigenvalue weighted by Gasteiger charge is 2.28. The van der Waals surface area contributed by atoms with Gasteiger partial charge in [-0.3, -0.25) is 10.1 Å². The Morgan fingerprint density at radius 1 is 1.55 bits per heavy atom. The molecule has 3 nitrogen and oxygen atoms in total. The smallest absolute Gasteiger partial charge is 0.259 e. The maximum Gasteiger partial charge on any atom is 0.389 e. The molecule has 0 fully saturated rings. The Bertz CT molecular complexity index is 175. The zero-order chi connectivity index (χ0) is 9.07. The number of hydrogen-bond acceptors (Lipinski definition) is 2. The van der Waals surface area contributed by atoms with E-state index in [1.165, 1.54) is 0 Å². The van der Waals surface area contributed by atoms with Crippen LogP contribution in [0.5, 0.6) is 0 Å². The van der Waals surface area contributed by atoms with Gasteiger partial charge in [-0.05, 0) is 6.58 Å². The third-order valence-corrected chi connectivity index (χ3v) is 0.955. The van der Waals surface area contributed by atoms with Gasteiger partial charge in [0.15, 0.2) is 0 Å². The monoisotopic (exact) mass is 169 g/mol. The third-order valence-electron chi connectivity index (χ3n) is 0.955. The quantitative estimate of drug-likeness (QED) is 0.479. The van der Waals surface area contributed by atoms with Crippen LogP contribution < -0.4 is 0 Å². The lowest BCUT2D eigenvalue weighted by molar-refractivity contribution is -0.428. The van der Waals surface area contributed by atoms with Crippen molar-refractivity contribution in [2.45, 2.75) is 19.0 Å². The van der Waals surface area contributed by atoms with Crippen LogP contribution in [-0.2, 0) is 0 Å². The maximum absolute atomic E-state index is 11.4. The van der Waals surface area contributed by atoms with Gasteiger partial charge in [-0.1, -0.05) is 0 Å². The van der Waals surface area contributed by atoms with E-state index in [1.54, 1.807) is 0 Å². The van der Waals surface area contributed by atoms with Crippen LogP contribution >= 0.6 is 0 Å². The average molecular weight is 169 g/mol. The summed E-state index contributed by atoms with van der Waals surface area (Å²) < 4.78 is 34.2. The molecule has 0 atom stereocenters. The molecule has 0 saturated heterocycles. The van der Waals surface area contributed by atoms with E-state index in [-0.39, 0.29) is 0 Å². The molecule has 0 aliphatic carbocycles. The number of hydrogen-bond donors (Lipinski definition) is 0. The second kappa shape index (κ2) is 3.36. The number of alkyl halides is 3. The van der Waals surface area contributed by atoms with Gasteiger partial charge < -0.3 is 0 Å². The largest absolute Gasteiger partial charge is 0.389 e. The molecule has 0 aliphatic heterocycles.